The standard InChI is InChI=1S/2C27H34N2O6.C7H8.C4H8O.O3S/c2*1-3-24(31)26(25(32)19-30)28(2)27(33)22-7-5-20(6-8-22)21-9-11-23(12-10-21)35-16-4-13-29-14-17-34-18-15-29;1-7-5-3-2-4-6-7;1-2-4-5-3-1;1-4(2)3/h2*5-12,26,30H,3-4,13-19H2,1-2H3;2-6H,1H3;1-4H2;. The molecule has 2 atom stereocenters. The molecule has 3 aliphatic rings. The summed E-state index contributed by atoms with van der Waals surface area (Å²) in [6.07, 6.45) is 4.67. The number of nitrogens with zero attached hydrogens (tertiary/aromatic N) is 4. The number of ether oxygens (including phenoxy) is 5. The van der Waals surface area contributed by atoms with Crippen LogP contribution in [0.3, 0.4) is 0 Å². The molecule has 3 saturated heterocycles. The number of Topliss-reactive ketones (excluding diaryl/α,β-unsaturated/α-hetero) is 4. The highest BCUT2D eigenvalue weighted by Gasteiger charge is 2.33. The Bertz CT molecular complexity index is 2730. The topological polar surface area (TPSA) is 253 Å². The van der Waals surface area contributed by atoms with Crippen molar-refractivity contribution in [2.45, 2.75) is 71.4 Å². The number of carbonyl (C=O) groups excluding carboxylic acids is 6. The van der Waals surface area contributed by atoms with Crippen molar-refractivity contribution in [2.75, 3.05) is 119 Å². The van der Waals surface area contributed by atoms with Crippen molar-refractivity contribution >= 4 is 45.6 Å². The van der Waals surface area contributed by atoms with Crippen LogP contribution in [-0.2, 0) is 44.0 Å². The summed E-state index contributed by atoms with van der Waals surface area (Å²) < 4.78 is 52.7. The Kier molecular flexibility index (Phi) is 33.2. The molecule has 5 aromatic rings. The quantitative estimate of drug-likeness (QED) is 0.0484. The Morgan fingerprint density at radius 1 is 0.488 bits per heavy atom. The molecule has 5 aromatic carbocycles. The highest BCUT2D eigenvalue weighted by atomic mass is 32.2. The maximum Gasteiger partial charge on any atom is 0.425 e. The van der Waals surface area contributed by atoms with Gasteiger partial charge in [0.25, 0.3) is 11.8 Å². The van der Waals surface area contributed by atoms with Gasteiger partial charge in [-0.3, -0.25) is 38.6 Å². The van der Waals surface area contributed by atoms with Crippen LogP contribution in [0.15, 0.2) is 127 Å². The van der Waals surface area contributed by atoms with Gasteiger partial charge in [-0.25, -0.2) is 0 Å². The van der Waals surface area contributed by atoms with Crippen LogP contribution in [-0.4, -0.2) is 209 Å². The fourth-order valence-corrected chi connectivity index (χ4v) is 9.17. The SMILES string of the molecule is C1CCOC1.CCC(=O)C(C(=O)CO)N(C)C(=O)c1ccc(-c2ccc(OCCCN3CCOCC3)cc2)cc1.CCC(=O)C(C(=O)CO)N(C)C(=O)c1ccc(-c2ccc(OCCCN3CCOCC3)cc2)cc1.Cc1ccccc1.O=S(=O)=O. The molecule has 20 nitrogen and oxygen atoms in total. The fraction of sp³-hybridized carbons (Fsp3) is 0.446. The zero-order valence-electron chi connectivity index (χ0n) is 50.1. The Balaban J connectivity index is 0.000000292. The first-order valence-corrected chi connectivity index (χ1v) is 30.0. The van der Waals surface area contributed by atoms with Gasteiger partial charge in [0, 0.05) is 90.5 Å². The number of benzene rings is 5. The van der Waals surface area contributed by atoms with Crippen LogP contribution in [0.4, 0.5) is 0 Å². The van der Waals surface area contributed by atoms with E-state index in [1.165, 1.54) is 32.5 Å². The van der Waals surface area contributed by atoms with Gasteiger partial charge in [-0.1, -0.05) is 98.3 Å². The molecule has 3 aliphatic heterocycles. The van der Waals surface area contributed by atoms with Crippen molar-refractivity contribution in [3.63, 3.8) is 0 Å². The van der Waals surface area contributed by atoms with Crippen LogP contribution < -0.4 is 9.47 Å². The van der Waals surface area contributed by atoms with Crippen LogP contribution >= 0.6 is 0 Å². The lowest BCUT2D eigenvalue weighted by molar-refractivity contribution is -0.136. The van der Waals surface area contributed by atoms with Gasteiger partial charge in [0.15, 0.2) is 35.2 Å². The number of hydrogen-bond donors (Lipinski definition) is 2. The molecular weight excluding hydrogens is 1120 g/mol. The van der Waals surface area contributed by atoms with Crippen LogP contribution in [0.2, 0.25) is 0 Å². The van der Waals surface area contributed by atoms with Crippen LogP contribution in [0.1, 0.15) is 78.7 Å². The summed E-state index contributed by atoms with van der Waals surface area (Å²) in [7, 11) is -0.302. The number of ketones is 4. The summed E-state index contributed by atoms with van der Waals surface area (Å²) in [6, 6.07) is 37.3. The molecule has 3 fully saturated rings. The highest BCUT2D eigenvalue weighted by molar-refractivity contribution is 7.59. The van der Waals surface area contributed by atoms with Gasteiger partial charge in [0.1, 0.15) is 24.7 Å². The largest absolute Gasteiger partial charge is 0.494 e. The zero-order valence-corrected chi connectivity index (χ0v) is 51.0. The molecule has 0 aromatic heterocycles. The van der Waals surface area contributed by atoms with E-state index in [2.05, 4.69) is 28.9 Å². The summed E-state index contributed by atoms with van der Waals surface area (Å²) >= 11 is 0. The number of hydrogen-bond acceptors (Lipinski definition) is 18. The van der Waals surface area contributed by atoms with Gasteiger partial charge in [-0.05, 0) is 103 Å². The molecule has 0 radical (unpaired) electrons. The number of morpholine rings is 2. The van der Waals surface area contributed by atoms with Crippen molar-refractivity contribution < 1.29 is 75.3 Å². The summed E-state index contributed by atoms with van der Waals surface area (Å²) in [6.45, 7) is 16.2. The van der Waals surface area contributed by atoms with Crippen molar-refractivity contribution in [2.24, 2.45) is 0 Å². The second-order valence-electron chi connectivity index (χ2n) is 20.2. The van der Waals surface area contributed by atoms with Gasteiger partial charge >= 0.3 is 10.6 Å². The summed E-state index contributed by atoms with van der Waals surface area (Å²) in [5.74, 6) is -1.47. The summed E-state index contributed by atoms with van der Waals surface area (Å²) in [5, 5.41) is 18.4. The number of rotatable bonds is 24. The molecular formula is C65H84N4O16S. The minimum atomic E-state index is -3.11. The predicted octanol–water partition coefficient (Wildman–Crippen LogP) is 6.66. The number of likely N-dealkylation sites (N-methyl/N-ethyl adjacent to an activating group) is 2. The zero-order chi connectivity index (χ0) is 62.6. The lowest BCUT2D eigenvalue weighted by Crippen LogP contribution is -2.48. The third-order valence-electron chi connectivity index (χ3n) is 14.0. The van der Waals surface area contributed by atoms with Crippen molar-refractivity contribution in [1.29, 1.82) is 0 Å². The number of carbonyl (C=O) groups is 6. The Labute approximate surface area is 507 Å². The molecule has 0 aliphatic carbocycles. The second kappa shape index (κ2) is 40.1. The summed E-state index contributed by atoms with van der Waals surface area (Å²) in [5.41, 5.74) is 5.85. The normalized spacial score (nSPS) is 14.5. The van der Waals surface area contributed by atoms with Crippen molar-refractivity contribution in [3.8, 4) is 33.8 Å². The molecule has 0 saturated carbocycles. The first-order valence-electron chi connectivity index (χ1n) is 29.0. The molecule has 86 heavy (non-hydrogen) atoms. The molecule has 21 heteroatoms. The Hall–Kier alpha value is -7.34. The van der Waals surface area contributed by atoms with Gasteiger partial charge in [-0.15, -0.1) is 12.6 Å². The third kappa shape index (κ3) is 25.3. The van der Waals surface area contributed by atoms with E-state index in [1.54, 1.807) is 38.1 Å². The van der Waals surface area contributed by atoms with Crippen LogP contribution in [0.25, 0.3) is 22.3 Å². The Morgan fingerprint density at radius 3 is 1.07 bits per heavy atom. The van der Waals surface area contributed by atoms with Gasteiger partial charge in [0.05, 0.1) is 39.6 Å². The first-order chi connectivity index (χ1) is 41.5. The van der Waals surface area contributed by atoms with Gasteiger partial charge in [0.2, 0.25) is 0 Å². The molecule has 0 bridgehead atoms. The first kappa shape index (κ1) is 71.1. The lowest BCUT2D eigenvalue weighted by atomic mass is 10.0. The predicted molar refractivity (Wildman–Crippen MR) is 326 cm³/mol. The van der Waals surface area contributed by atoms with Crippen LogP contribution in [0.5, 0.6) is 11.5 Å². The highest BCUT2D eigenvalue weighted by Crippen LogP contribution is 2.26. The van der Waals surface area contributed by atoms with E-state index in [4.69, 9.17) is 36.3 Å². The molecule has 8 rings (SSSR count). The second-order valence-corrected chi connectivity index (χ2v) is 20.6. The smallest absolute Gasteiger partial charge is 0.425 e. The molecule has 466 valence electrons. The average molecular weight is 1210 g/mol. The third-order valence-corrected chi connectivity index (χ3v) is 14.0. The number of aryl methyl sites for hydroxylation is 1. The van der Waals surface area contributed by atoms with E-state index >= 15 is 0 Å². The molecule has 3 heterocycles. The molecule has 2 N–H and O–H groups in total. The molecule has 2 unspecified atom stereocenters. The minimum absolute atomic E-state index is 0.0978. The lowest BCUT2D eigenvalue weighted by Gasteiger charge is -2.26. The van der Waals surface area contributed by atoms with Crippen molar-refractivity contribution in [3.05, 3.63) is 144 Å². The monoisotopic (exact) mass is 1210 g/mol. The fourth-order valence-electron chi connectivity index (χ4n) is 9.17. The number of amides is 2. The molecule has 2 amide bonds. The molecule has 0 spiro atoms. The van der Waals surface area contributed by atoms with Crippen molar-refractivity contribution in [1.82, 2.24) is 19.6 Å². The van der Waals surface area contributed by atoms with E-state index in [-0.39, 0.29) is 12.8 Å². The number of aliphatic hydroxyl groups is 2. The van der Waals surface area contributed by atoms with E-state index in [9.17, 15) is 39.0 Å². The maximum absolute atomic E-state index is 12.9. The summed E-state index contributed by atoms with van der Waals surface area (Å²) in [4.78, 5) is 81.1. The average Bonchev–Trinajstić information content (AvgIpc) is 3.77. The van der Waals surface area contributed by atoms with E-state index in [1.807, 2.05) is 91.0 Å². The van der Waals surface area contributed by atoms with E-state index in [0.717, 1.165) is 135 Å². The maximum atomic E-state index is 12.9. The van der Waals surface area contributed by atoms with Gasteiger partial charge in [-0.2, -0.15) is 0 Å². The van der Waals surface area contributed by atoms with E-state index < -0.39 is 70.9 Å². The van der Waals surface area contributed by atoms with Gasteiger partial charge < -0.3 is 43.7 Å². The minimum Gasteiger partial charge on any atom is -0.494 e. The van der Waals surface area contributed by atoms with Crippen LogP contribution in [0, 0.1) is 6.92 Å². The Morgan fingerprint density at radius 2 is 0.802 bits per heavy atom. The number of aliphatic hydroxyl groups excluding tert-OH is 2. The van der Waals surface area contributed by atoms with E-state index in [0.29, 0.717) is 24.3 Å².